The van der Waals surface area contributed by atoms with Crippen LogP contribution in [-0.2, 0) is 16.4 Å². The molecule has 228 valence electrons. The maximum absolute atomic E-state index is 16.2. The molecule has 0 spiro atoms. The topological polar surface area (TPSA) is 84.6 Å². The normalized spacial score (nSPS) is 14.9. The van der Waals surface area contributed by atoms with E-state index in [1.807, 2.05) is 23.5 Å². The summed E-state index contributed by atoms with van der Waals surface area (Å²) in [6.07, 6.45) is 5.40. The zero-order chi connectivity index (χ0) is 31.3. The van der Waals surface area contributed by atoms with Gasteiger partial charge in [-0.1, -0.05) is 19.1 Å². The molecule has 0 bridgehead atoms. The van der Waals surface area contributed by atoms with Crippen LogP contribution in [0.2, 0.25) is 0 Å². The number of hydrogen-bond acceptors (Lipinski definition) is 6. The highest BCUT2D eigenvalue weighted by Gasteiger charge is 2.27. The Hall–Kier alpha value is -3.80. The van der Waals surface area contributed by atoms with Gasteiger partial charge < -0.3 is 0 Å². The van der Waals surface area contributed by atoms with E-state index in [-0.39, 0.29) is 17.3 Å². The molecule has 0 radical (unpaired) electrons. The van der Waals surface area contributed by atoms with Gasteiger partial charge in [0.2, 0.25) is 10.0 Å². The van der Waals surface area contributed by atoms with Gasteiger partial charge in [-0.05, 0) is 79.6 Å². The van der Waals surface area contributed by atoms with E-state index in [1.54, 1.807) is 25.1 Å². The predicted molar refractivity (Wildman–Crippen MR) is 170 cm³/mol. The van der Waals surface area contributed by atoms with Crippen LogP contribution in [0.15, 0.2) is 54.7 Å². The van der Waals surface area contributed by atoms with E-state index in [1.165, 1.54) is 29.6 Å². The molecule has 0 amide bonds. The molecular weight excluding hydrogens is 603 g/mol. The molecule has 2 aromatic carbocycles. The van der Waals surface area contributed by atoms with Crippen LogP contribution in [0.4, 0.5) is 8.78 Å². The number of carbonyl (C=O) groups excluding carboxylic acids is 1. The number of ketones is 1. The van der Waals surface area contributed by atoms with Crippen molar-refractivity contribution in [2.75, 3.05) is 19.3 Å². The molecule has 1 aliphatic heterocycles. The van der Waals surface area contributed by atoms with Gasteiger partial charge >= 0.3 is 0 Å². The third-order valence-electron chi connectivity index (χ3n) is 8.38. The summed E-state index contributed by atoms with van der Waals surface area (Å²) in [7, 11) is -3.21. The van der Waals surface area contributed by atoms with Crippen LogP contribution >= 0.6 is 11.3 Å². The quantitative estimate of drug-likeness (QED) is 0.176. The molecule has 11 heteroatoms. The molecule has 7 nitrogen and oxygen atoms in total. The van der Waals surface area contributed by atoms with Crippen molar-refractivity contribution in [2.24, 2.45) is 0 Å². The number of aryl methyl sites for hydroxylation is 1. The van der Waals surface area contributed by atoms with Crippen LogP contribution in [-0.4, -0.2) is 52.2 Å². The van der Waals surface area contributed by atoms with Crippen LogP contribution in [0.25, 0.3) is 38.7 Å². The van der Waals surface area contributed by atoms with E-state index >= 15 is 4.39 Å². The SMILES string of the molecule is CCc1nc2ccc(C3CCN(S(C)(=O)=O)CC3)cn2c1-c1ccc(-c2nc(-c3ccc(F)cc3)c(C(C)=O)s2)c(F)c1C. The number of aromatic nitrogens is 3. The Kier molecular flexibility index (Phi) is 7.98. The molecule has 1 aliphatic rings. The number of imidazole rings is 1. The molecule has 1 saturated heterocycles. The standard InChI is InChI=1S/C33H32F2N4O3S2/c1-5-27-31(39-18-23(8-13-28(39)36-27)21-14-16-38(17-15-21)44(4,41)42)25-11-12-26(29(35)19(25)2)33-37-30(32(43-33)20(3)40)22-6-9-24(34)10-7-22/h6-13,18,21H,5,14-17H2,1-4H3. The zero-order valence-electron chi connectivity index (χ0n) is 24.9. The van der Waals surface area contributed by atoms with E-state index in [2.05, 4.69) is 17.2 Å². The van der Waals surface area contributed by atoms with Gasteiger partial charge in [-0.15, -0.1) is 11.3 Å². The van der Waals surface area contributed by atoms with Gasteiger partial charge in [0.15, 0.2) is 5.78 Å². The van der Waals surface area contributed by atoms with Crippen molar-refractivity contribution in [1.29, 1.82) is 0 Å². The summed E-state index contributed by atoms with van der Waals surface area (Å²) >= 11 is 1.12. The Morgan fingerprint density at radius 3 is 2.32 bits per heavy atom. The van der Waals surface area contributed by atoms with Crippen molar-refractivity contribution in [3.8, 4) is 33.1 Å². The lowest BCUT2D eigenvalue weighted by Gasteiger charge is -2.30. The Morgan fingerprint density at radius 2 is 1.68 bits per heavy atom. The molecule has 0 atom stereocenters. The second-order valence-electron chi connectivity index (χ2n) is 11.2. The molecule has 44 heavy (non-hydrogen) atoms. The highest BCUT2D eigenvalue weighted by atomic mass is 32.2. The van der Waals surface area contributed by atoms with Gasteiger partial charge in [0.25, 0.3) is 0 Å². The molecule has 0 unspecified atom stereocenters. The summed E-state index contributed by atoms with van der Waals surface area (Å²) in [5.41, 5.74) is 5.94. The van der Waals surface area contributed by atoms with Gasteiger partial charge in [-0.3, -0.25) is 9.20 Å². The highest BCUT2D eigenvalue weighted by molar-refractivity contribution is 7.88. The fourth-order valence-electron chi connectivity index (χ4n) is 5.99. The second-order valence-corrected chi connectivity index (χ2v) is 14.2. The van der Waals surface area contributed by atoms with E-state index < -0.39 is 21.7 Å². The maximum Gasteiger partial charge on any atom is 0.211 e. The van der Waals surface area contributed by atoms with Crippen LogP contribution < -0.4 is 0 Å². The fourth-order valence-corrected chi connectivity index (χ4v) is 7.86. The first-order chi connectivity index (χ1) is 21.0. The van der Waals surface area contributed by atoms with E-state index in [0.717, 1.165) is 46.8 Å². The summed E-state index contributed by atoms with van der Waals surface area (Å²) in [5, 5.41) is 0.373. The van der Waals surface area contributed by atoms with Crippen LogP contribution in [0.3, 0.4) is 0 Å². The van der Waals surface area contributed by atoms with Gasteiger partial charge in [0, 0.05) is 42.9 Å². The van der Waals surface area contributed by atoms with Crippen molar-refractivity contribution in [3.63, 3.8) is 0 Å². The fraction of sp³-hybridized carbons (Fsp3) is 0.303. The largest absolute Gasteiger partial charge is 0.299 e. The summed E-state index contributed by atoms with van der Waals surface area (Å²) in [4.78, 5) is 22.3. The number of Topliss-reactive ketones (excluding diaryl/α,β-unsaturated/α-hetero) is 1. The number of halogens is 2. The number of piperidine rings is 1. The molecule has 0 saturated carbocycles. The van der Waals surface area contributed by atoms with Crippen molar-refractivity contribution >= 4 is 32.8 Å². The lowest BCUT2D eigenvalue weighted by molar-refractivity contribution is 0.102. The summed E-state index contributed by atoms with van der Waals surface area (Å²) < 4.78 is 57.3. The van der Waals surface area contributed by atoms with Crippen molar-refractivity contribution < 1.29 is 22.0 Å². The molecule has 3 aromatic heterocycles. The second kappa shape index (κ2) is 11.6. The number of thiazole rings is 1. The Morgan fingerprint density at radius 1 is 1.00 bits per heavy atom. The average molecular weight is 635 g/mol. The maximum atomic E-state index is 16.2. The highest BCUT2D eigenvalue weighted by Crippen LogP contribution is 2.39. The molecule has 4 heterocycles. The minimum Gasteiger partial charge on any atom is -0.299 e. The average Bonchev–Trinajstić information content (AvgIpc) is 3.60. The molecule has 0 N–H and O–H groups in total. The smallest absolute Gasteiger partial charge is 0.211 e. The summed E-state index contributed by atoms with van der Waals surface area (Å²) in [6, 6.07) is 13.3. The first-order valence-electron chi connectivity index (χ1n) is 14.5. The number of pyridine rings is 1. The third-order valence-corrected chi connectivity index (χ3v) is 10.9. The Balaban J connectivity index is 1.40. The Bertz CT molecular complexity index is 2010. The van der Waals surface area contributed by atoms with E-state index in [0.29, 0.717) is 51.8 Å². The van der Waals surface area contributed by atoms with Gasteiger partial charge in [-0.25, -0.2) is 31.5 Å². The summed E-state index contributed by atoms with van der Waals surface area (Å²) in [5.74, 6) is -0.820. The van der Waals surface area contributed by atoms with Crippen LogP contribution in [0, 0.1) is 18.6 Å². The van der Waals surface area contributed by atoms with E-state index in [4.69, 9.17) is 4.98 Å². The minimum absolute atomic E-state index is 0.196. The van der Waals surface area contributed by atoms with Crippen LogP contribution in [0.1, 0.15) is 59.1 Å². The number of nitrogens with zero attached hydrogens (tertiary/aromatic N) is 4. The lowest BCUT2D eigenvalue weighted by atomic mass is 9.91. The molecule has 6 rings (SSSR count). The molecule has 0 aliphatic carbocycles. The number of sulfonamides is 1. The van der Waals surface area contributed by atoms with Crippen molar-refractivity contribution in [1.82, 2.24) is 18.7 Å². The number of rotatable bonds is 7. The lowest BCUT2D eigenvalue weighted by Crippen LogP contribution is -2.37. The van der Waals surface area contributed by atoms with Gasteiger partial charge in [-0.2, -0.15) is 0 Å². The van der Waals surface area contributed by atoms with Gasteiger partial charge in [0.05, 0.1) is 28.2 Å². The van der Waals surface area contributed by atoms with Gasteiger partial charge in [0.1, 0.15) is 22.3 Å². The summed E-state index contributed by atoms with van der Waals surface area (Å²) in [6.45, 7) is 6.15. The molecular formula is C33H32F2N4O3S2. The minimum atomic E-state index is -3.21. The number of hydrogen-bond donors (Lipinski definition) is 0. The van der Waals surface area contributed by atoms with Crippen molar-refractivity contribution in [2.45, 2.75) is 46.0 Å². The van der Waals surface area contributed by atoms with E-state index in [9.17, 15) is 17.6 Å². The van der Waals surface area contributed by atoms with Crippen molar-refractivity contribution in [3.05, 3.63) is 88.1 Å². The number of benzene rings is 2. The first kappa shape index (κ1) is 30.2. The number of fused-ring (bicyclic) bond motifs is 1. The molecule has 5 aromatic rings. The Labute approximate surface area is 259 Å². The third kappa shape index (κ3) is 5.48. The molecule has 1 fully saturated rings. The zero-order valence-corrected chi connectivity index (χ0v) is 26.5. The monoisotopic (exact) mass is 634 g/mol. The van der Waals surface area contributed by atoms with Crippen LogP contribution in [0.5, 0.6) is 0 Å². The predicted octanol–water partition coefficient (Wildman–Crippen LogP) is 7.28. The number of carbonyl (C=O) groups is 1. The first-order valence-corrected chi connectivity index (χ1v) is 17.2.